The molecule has 0 unspecified atom stereocenters. The molecule has 0 amide bonds. The van der Waals surface area contributed by atoms with E-state index in [2.05, 4.69) is 17.2 Å². The molecule has 1 rings (SSSR count). The van der Waals surface area contributed by atoms with Crippen molar-refractivity contribution in [1.82, 2.24) is 5.32 Å². The Kier molecular flexibility index (Phi) is 5.38. The van der Waals surface area contributed by atoms with Gasteiger partial charge in [0.05, 0.1) is 6.61 Å². The van der Waals surface area contributed by atoms with Crippen LogP contribution in [-0.2, 0) is 0 Å². The van der Waals surface area contributed by atoms with E-state index in [1.54, 1.807) is 6.07 Å². The molecule has 0 radical (unpaired) electrons. The molecule has 0 saturated carbocycles. The zero-order chi connectivity index (χ0) is 11.8. The Morgan fingerprint density at radius 3 is 2.88 bits per heavy atom. The summed E-state index contributed by atoms with van der Waals surface area (Å²) in [5, 5.41) is 3.00. The Bertz CT molecular complexity index is 393. The number of rotatable bonds is 4. The standard InChI is InChI=1S/C13H16FNO/c1-3-16-13-9-11(8-12(14)10-13)6-4-5-7-15-2/h8-10,15H,3,5,7H2,1-2H3. The highest BCUT2D eigenvalue weighted by atomic mass is 19.1. The third kappa shape index (κ3) is 4.33. The average molecular weight is 221 g/mol. The van der Waals surface area contributed by atoms with Gasteiger partial charge < -0.3 is 10.1 Å². The van der Waals surface area contributed by atoms with Crippen LogP contribution >= 0.6 is 0 Å². The number of hydrogen-bond acceptors (Lipinski definition) is 2. The summed E-state index contributed by atoms with van der Waals surface area (Å²) < 4.78 is 18.4. The first-order valence-electron chi connectivity index (χ1n) is 5.33. The van der Waals surface area contributed by atoms with Gasteiger partial charge in [0.2, 0.25) is 0 Å². The number of nitrogens with one attached hydrogen (secondary N) is 1. The van der Waals surface area contributed by atoms with Crippen molar-refractivity contribution in [3.63, 3.8) is 0 Å². The van der Waals surface area contributed by atoms with Gasteiger partial charge in [-0.15, -0.1) is 0 Å². The van der Waals surface area contributed by atoms with Crippen molar-refractivity contribution in [2.45, 2.75) is 13.3 Å². The van der Waals surface area contributed by atoms with Crippen LogP contribution in [-0.4, -0.2) is 20.2 Å². The van der Waals surface area contributed by atoms with Crippen LogP contribution in [0.3, 0.4) is 0 Å². The maximum atomic E-state index is 13.2. The van der Waals surface area contributed by atoms with Gasteiger partial charge in [0, 0.05) is 24.6 Å². The van der Waals surface area contributed by atoms with Crippen LogP contribution in [0.5, 0.6) is 5.75 Å². The number of benzene rings is 1. The predicted molar refractivity (Wildman–Crippen MR) is 63.0 cm³/mol. The Morgan fingerprint density at radius 1 is 1.38 bits per heavy atom. The fourth-order valence-electron chi connectivity index (χ4n) is 1.24. The zero-order valence-electron chi connectivity index (χ0n) is 9.64. The van der Waals surface area contributed by atoms with Crippen LogP contribution in [0.1, 0.15) is 18.9 Å². The van der Waals surface area contributed by atoms with Gasteiger partial charge in [-0.1, -0.05) is 11.8 Å². The lowest BCUT2D eigenvalue weighted by atomic mass is 10.2. The molecule has 0 bridgehead atoms. The maximum absolute atomic E-state index is 13.2. The molecule has 0 heterocycles. The fraction of sp³-hybridized carbons (Fsp3) is 0.385. The van der Waals surface area contributed by atoms with Crippen molar-refractivity contribution in [2.24, 2.45) is 0 Å². The first-order chi connectivity index (χ1) is 7.76. The molecule has 0 aliphatic carbocycles. The van der Waals surface area contributed by atoms with Crippen molar-refractivity contribution >= 4 is 0 Å². The minimum atomic E-state index is -0.316. The SMILES string of the molecule is CCOc1cc(F)cc(C#CCCNC)c1. The molecule has 0 spiro atoms. The molecule has 0 aliphatic rings. The van der Waals surface area contributed by atoms with Crippen molar-refractivity contribution < 1.29 is 9.13 Å². The zero-order valence-corrected chi connectivity index (χ0v) is 9.64. The second-order valence-corrected chi connectivity index (χ2v) is 3.26. The van der Waals surface area contributed by atoms with E-state index in [0.717, 1.165) is 13.0 Å². The molecule has 1 aromatic rings. The van der Waals surface area contributed by atoms with Crippen molar-refractivity contribution in [3.8, 4) is 17.6 Å². The molecule has 1 aromatic carbocycles. The van der Waals surface area contributed by atoms with Crippen molar-refractivity contribution in [2.75, 3.05) is 20.2 Å². The summed E-state index contributed by atoms with van der Waals surface area (Å²) in [6.45, 7) is 3.22. The molecule has 0 aliphatic heterocycles. The lowest BCUT2D eigenvalue weighted by Gasteiger charge is -2.03. The summed E-state index contributed by atoms with van der Waals surface area (Å²) in [4.78, 5) is 0. The topological polar surface area (TPSA) is 21.3 Å². The van der Waals surface area contributed by atoms with Gasteiger partial charge in [-0.3, -0.25) is 0 Å². The molecular weight excluding hydrogens is 205 g/mol. The molecule has 2 nitrogen and oxygen atoms in total. The fourth-order valence-corrected chi connectivity index (χ4v) is 1.24. The van der Waals surface area contributed by atoms with Gasteiger partial charge in [-0.25, -0.2) is 4.39 Å². The van der Waals surface area contributed by atoms with Crippen LogP contribution in [0.2, 0.25) is 0 Å². The summed E-state index contributed by atoms with van der Waals surface area (Å²) in [6, 6.07) is 4.52. The Hall–Kier alpha value is -1.53. The lowest BCUT2D eigenvalue weighted by molar-refractivity contribution is 0.338. The highest BCUT2D eigenvalue weighted by molar-refractivity contribution is 5.40. The van der Waals surface area contributed by atoms with Gasteiger partial charge in [-0.05, 0) is 26.1 Å². The molecule has 86 valence electrons. The first-order valence-corrected chi connectivity index (χ1v) is 5.33. The van der Waals surface area contributed by atoms with Crippen molar-refractivity contribution in [3.05, 3.63) is 29.6 Å². The van der Waals surface area contributed by atoms with Crippen LogP contribution in [0.15, 0.2) is 18.2 Å². The van der Waals surface area contributed by atoms with Gasteiger partial charge >= 0.3 is 0 Å². The molecular formula is C13H16FNO. The molecule has 0 atom stereocenters. The van der Waals surface area contributed by atoms with E-state index in [1.807, 2.05) is 14.0 Å². The maximum Gasteiger partial charge on any atom is 0.128 e. The lowest BCUT2D eigenvalue weighted by Crippen LogP contribution is -2.05. The summed E-state index contributed by atoms with van der Waals surface area (Å²) in [5.74, 6) is 6.09. The number of hydrogen-bond donors (Lipinski definition) is 1. The van der Waals surface area contributed by atoms with E-state index < -0.39 is 0 Å². The second-order valence-electron chi connectivity index (χ2n) is 3.26. The van der Waals surface area contributed by atoms with Gasteiger partial charge in [0.25, 0.3) is 0 Å². The van der Waals surface area contributed by atoms with Gasteiger partial charge in [0.15, 0.2) is 0 Å². The Balaban J connectivity index is 2.74. The smallest absolute Gasteiger partial charge is 0.128 e. The third-order valence-corrected chi connectivity index (χ3v) is 1.92. The normalized spacial score (nSPS) is 9.44. The van der Waals surface area contributed by atoms with E-state index >= 15 is 0 Å². The predicted octanol–water partition coefficient (Wildman–Crippen LogP) is 2.19. The van der Waals surface area contributed by atoms with E-state index in [-0.39, 0.29) is 5.82 Å². The Morgan fingerprint density at radius 2 is 2.19 bits per heavy atom. The number of ether oxygens (including phenoxy) is 1. The molecule has 3 heteroatoms. The Labute approximate surface area is 95.8 Å². The quantitative estimate of drug-likeness (QED) is 0.621. The summed E-state index contributed by atoms with van der Waals surface area (Å²) in [5.41, 5.74) is 0.652. The minimum Gasteiger partial charge on any atom is -0.494 e. The van der Waals surface area contributed by atoms with Crippen molar-refractivity contribution in [1.29, 1.82) is 0 Å². The van der Waals surface area contributed by atoms with Gasteiger partial charge in [-0.2, -0.15) is 0 Å². The second kappa shape index (κ2) is 6.86. The van der Waals surface area contributed by atoms with Crippen LogP contribution in [0.25, 0.3) is 0 Å². The van der Waals surface area contributed by atoms with E-state index in [4.69, 9.17) is 4.74 Å². The van der Waals surface area contributed by atoms with E-state index in [1.165, 1.54) is 12.1 Å². The van der Waals surface area contributed by atoms with E-state index in [9.17, 15) is 4.39 Å². The summed E-state index contributed by atoms with van der Waals surface area (Å²) in [6.07, 6.45) is 0.747. The molecule has 0 fully saturated rings. The highest BCUT2D eigenvalue weighted by Crippen LogP contribution is 2.15. The van der Waals surface area contributed by atoms with Crippen LogP contribution in [0, 0.1) is 17.7 Å². The summed E-state index contributed by atoms with van der Waals surface area (Å²) >= 11 is 0. The number of halogens is 1. The summed E-state index contributed by atoms with van der Waals surface area (Å²) in [7, 11) is 1.87. The monoisotopic (exact) mass is 221 g/mol. The first kappa shape index (κ1) is 12.5. The minimum absolute atomic E-state index is 0.316. The molecule has 1 N–H and O–H groups in total. The van der Waals surface area contributed by atoms with Crippen LogP contribution in [0.4, 0.5) is 4.39 Å². The van der Waals surface area contributed by atoms with E-state index in [0.29, 0.717) is 17.9 Å². The average Bonchev–Trinajstić information content (AvgIpc) is 2.24. The van der Waals surface area contributed by atoms with Gasteiger partial charge in [0.1, 0.15) is 11.6 Å². The molecule has 0 saturated heterocycles. The molecule has 0 aromatic heterocycles. The highest BCUT2D eigenvalue weighted by Gasteiger charge is 1.98. The third-order valence-electron chi connectivity index (χ3n) is 1.92. The van der Waals surface area contributed by atoms with Crippen LogP contribution < -0.4 is 10.1 Å². The largest absolute Gasteiger partial charge is 0.494 e. The molecule has 16 heavy (non-hydrogen) atoms.